The molecule has 0 amide bonds. The van der Waals surface area contributed by atoms with Gasteiger partial charge in [-0.25, -0.2) is 27.0 Å². The first-order chi connectivity index (χ1) is 19.3. The van der Waals surface area contributed by atoms with Crippen LogP contribution in [0.25, 0.3) is 0 Å². The quantitative estimate of drug-likeness (QED) is 0.250. The lowest BCUT2D eigenvalue weighted by Crippen LogP contribution is -2.28. The molecular weight excluding hydrogens is 615 g/mol. The van der Waals surface area contributed by atoms with E-state index >= 15 is 0 Å². The van der Waals surface area contributed by atoms with Gasteiger partial charge in [0, 0.05) is 36.1 Å². The van der Waals surface area contributed by atoms with Crippen molar-refractivity contribution in [2.24, 2.45) is 0 Å². The summed E-state index contributed by atoms with van der Waals surface area (Å²) in [5.74, 6) is -4.09. The largest absolute Gasteiger partial charge is 0.490 e. The van der Waals surface area contributed by atoms with Gasteiger partial charge in [0.25, 0.3) is 10.0 Å². The number of carbonyl (C=O) groups is 1. The van der Waals surface area contributed by atoms with Crippen molar-refractivity contribution in [3.8, 4) is 0 Å². The molecule has 2 aliphatic rings. The predicted molar refractivity (Wildman–Crippen MR) is 143 cm³/mol. The number of hydrogen-bond donors (Lipinski definition) is 3. The highest BCUT2D eigenvalue weighted by Crippen LogP contribution is 2.39. The number of sulfonamides is 1. The Morgan fingerprint density at radius 3 is 2.32 bits per heavy atom. The maximum Gasteiger partial charge on any atom is 0.490 e. The molecule has 3 heterocycles. The molecule has 3 N–H and O–H groups in total. The van der Waals surface area contributed by atoms with Crippen LogP contribution in [-0.2, 0) is 27.9 Å². The first-order valence-electron chi connectivity index (χ1n) is 12.2. The van der Waals surface area contributed by atoms with Crippen molar-refractivity contribution in [1.29, 1.82) is 0 Å². The van der Waals surface area contributed by atoms with Crippen LogP contribution in [0.2, 0.25) is 5.02 Å². The average Bonchev–Trinajstić information content (AvgIpc) is 3.64. The van der Waals surface area contributed by atoms with Gasteiger partial charge in [-0.15, -0.1) is 11.3 Å². The summed E-state index contributed by atoms with van der Waals surface area (Å²) in [5.41, 5.74) is 3.02. The molecule has 2 saturated heterocycles. The number of benzene rings is 2. The Morgan fingerprint density at radius 2 is 1.76 bits per heavy atom. The molecule has 5 rings (SSSR count). The van der Waals surface area contributed by atoms with E-state index in [9.17, 15) is 30.4 Å². The summed E-state index contributed by atoms with van der Waals surface area (Å²) in [7, 11) is -4.21. The molecule has 2 aliphatic heterocycles. The molecule has 0 unspecified atom stereocenters. The van der Waals surface area contributed by atoms with E-state index in [-0.39, 0.29) is 28.9 Å². The van der Waals surface area contributed by atoms with E-state index in [0.29, 0.717) is 24.2 Å². The first kappa shape index (κ1) is 30.9. The summed E-state index contributed by atoms with van der Waals surface area (Å²) in [6.07, 6.45) is -0.325. The van der Waals surface area contributed by atoms with Gasteiger partial charge in [0.2, 0.25) is 0 Å². The Balaban J connectivity index is 0.000000493. The second-order valence-electron chi connectivity index (χ2n) is 9.39. The van der Waals surface area contributed by atoms with Crippen molar-refractivity contribution < 1.29 is 40.3 Å². The number of nitrogens with one attached hydrogen (secondary N) is 2. The second kappa shape index (κ2) is 12.5. The van der Waals surface area contributed by atoms with Gasteiger partial charge >= 0.3 is 12.1 Å². The fourth-order valence-electron chi connectivity index (χ4n) is 4.94. The summed E-state index contributed by atoms with van der Waals surface area (Å²) in [6, 6.07) is 8.65. The van der Waals surface area contributed by atoms with Crippen LogP contribution in [0.4, 0.5) is 33.5 Å². The zero-order chi connectivity index (χ0) is 29.9. The molecule has 0 aliphatic carbocycles. The number of fused-ring (bicyclic) bond motifs is 2. The van der Waals surface area contributed by atoms with Gasteiger partial charge < -0.3 is 10.4 Å². The Labute approximate surface area is 241 Å². The molecule has 41 heavy (non-hydrogen) atoms. The van der Waals surface area contributed by atoms with Gasteiger partial charge in [-0.2, -0.15) is 13.2 Å². The van der Waals surface area contributed by atoms with Crippen molar-refractivity contribution in [1.82, 2.24) is 9.88 Å². The van der Waals surface area contributed by atoms with Crippen LogP contribution >= 0.6 is 22.9 Å². The van der Waals surface area contributed by atoms with E-state index < -0.39 is 32.9 Å². The van der Waals surface area contributed by atoms with Crippen LogP contribution in [0.5, 0.6) is 0 Å². The number of rotatable bonds is 8. The molecule has 8 nitrogen and oxygen atoms in total. The normalized spacial score (nSPS) is 18.6. The van der Waals surface area contributed by atoms with E-state index in [1.165, 1.54) is 60.0 Å². The number of thiazole rings is 1. The Morgan fingerprint density at radius 1 is 1.12 bits per heavy atom. The lowest BCUT2D eigenvalue weighted by Gasteiger charge is -2.23. The molecule has 16 heteroatoms. The smallest absolute Gasteiger partial charge is 0.475 e. The Bertz CT molecular complexity index is 1490. The Hall–Kier alpha value is -3.01. The predicted octanol–water partition coefficient (Wildman–Crippen LogP) is 6.25. The molecule has 0 saturated carbocycles. The van der Waals surface area contributed by atoms with Crippen LogP contribution in [0.3, 0.4) is 0 Å². The summed E-state index contributed by atoms with van der Waals surface area (Å²) < 4.78 is 88.8. The monoisotopic (exact) mass is 638 g/mol. The number of carboxylic acid groups (broad SMARTS) is 1. The van der Waals surface area contributed by atoms with Crippen LogP contribution in [0, 0.1) is 11.6 Å². The highest BCUT2D eigenvalue weighted by molar-refractivity contribution is 7.92. The topological polar surface area (TPSA) is 112 Å². The number of aromatic nitrogens is 1. The second-order valence-corrected chi connectivity index (χ2v) is 12.1. The molecule has 0 spiro atoms. The zero-order valence-corrected chi connectivity index (χ0v) is 23.5. The molecule has 2 fully saturated rings. The van der Waals surface area contributed by atoms with E-state index in [1.54, 1.807) is 6.07 Å². The van der Waals surface area contributed by atoms with E-state index in [2.05, 4.69) is 19.9 Å². The third-order valence-corrected chi connectivity index (χ3v) is 9.21. The summed E-state index contributed by atoms with van der Waals surface area (Å²) in [6.45, 7) is 0.763. The van der Waals surface area contributed by atoms with Crippen molar-refractivity contribution in [2.45, 2.75) is 61.9 Å². The molecule has 2 aromatic carbocycles. The maximum absolute atomic E-state index is 14.9. The highest BCUT2D eigenvalue weighted by atomic mass is 35.5. The van der Waals surface area contributed by atoms with E-state index in [4.69, 9.17) is 21.5 Å². The lowest BCUT2D eigenvalue weighted by molar-refractivity contribution is -0.192. The molecule has 0 atom stereocenters. The van der Waals surface area contributed by atoms with Gasteiger partial charge in [-0.3, -0.25) is 9.62 Å². The number of alkyl halides is 3. The lowest BCUT2D eigenvalue weighted by atomic mass is 10.0. The first-order valence-corrected chi connectivity index (χ1v) is 15.0. The summed E-state index contributed by atoms with van der Waals surface area (Å²) >= 11 is 7.37. The number of anilines is 2. The fourth-order valence-corrected chi connectivity index (χ4v) is 6.87. The average molecular weight is 639 g/mol. The summed E-state index contributed by atoms with van der Waals surface area (Å²) in [5, 5.41) is 11.2. The zero-order valence-electron chi connectivity index (χ0n) is 21.1. The molecule has 0 radical (unpaired) electrons. The SMILES string of the molecule is O=C(O)C(F)(F)F.O=S(=O)(Nc1cscn1)c1ccc(NCc2c(F)cccc2CN2C3CCC2CC3)c(Cl)c1F. The van der Waals surface area contributed by atoms with Gasteiger partial charge in [0.05, 0.1) is 11.2 Å². The van der Waals surface area contributed by atoms with Crippen molar-refractivity contribution in [3.63, 3.8) is 0 Å². The fraction of sp³-hybridized carbons (Fsp3) is 0.360. The van der Waals surface area contributed by atoms with Crippen molar-refractivity contribution in [2.75, 3.05) is 10.0 Å². The molecule has 2 bridgehead atoms. The van der Waals surface area contributed by atoms with Crippen LogP contribution in [-0.4, -0.2) is 47.6 Å². The Kier molecular flexibility index (Phi) is 9.41. The van der Waals surface area contributed by atoms with Crippen LogP contribution in [0.1, 0.15) is 36.8 Å². The number of aliphatic carboxylic acids is 1. The minimum Gasteiger partial charge on any atom is -0.475 e. The number of nitrogens with zero attached hydrogens (tertiary/aromatic N) is 2. The van der Waals surface area contributed by atoms with Crippen LogP contribution < -0.4 is 10.0 Å². The highest BCUT2D eigenvalue weighted by Gasteiger charge is 2.39. The third-order valence-electron chi connectivity index (χ3n) is 6.88. The molecule has 1 aromatic heterocycles. The molecule has 3 aromatic rings. The van der Waals surface area contributed by atoms with Crippen molar-refractivity contribution >= 4 is 50.4 Å². The van der Waals surface area contributed by atoms with Gasteiger partial charge in [-0.05, 0) is 49.4 Å². The standard InChI is InChI=1S/C23H23ClF2N4O2S2.C2HF3O2/c24-22-19(8-9-20(23(22)26)34(31,32)29-21-12-33-13-28-21)27-10-17-14(2-1-3-18(17)25)11-30-15-4-5-16(30)7-6-15;3-2(4,5)1(6)7/h1-3,8-9,12-13,15-16,27,29H,4-7,10-11H2;(H,6,7). The van der Waals surface area contributed by atoms with Gasteiger partial charge in [-0.1, -0.05) is 23.7 Å². The number of carboxylic acids is 1. The minimum absolute atomic E-state index is 0.0908. The third kappa shape index (κ3) is 7.26. The maximum atomic E-state index is 14.9. The van der Waals surface area contributed by atoms with Gasteiger partial charge in [0.1, 0.15) is 15.7 Å². The van der Waals surface area contributed by atoms with Gasteiger partial charge in [0.15, 0.2) is 11.6 Å². The molecule has 222 valence electrons. The van der Waals surface area contributed by atoms with E-state index in [0.717, 1.165) is 11.6 Å². The van der Waals surface area contributed by atoms with E-state index in [1.807, 2.05) is 6.07 Å². The number of halogens is 6. The number of hydrogen-bond acceptors (Lipinski definition) is 7. The molecular formula is C25H24ClF5N4O4S2. The van der Waals surface area contributed by atoms with Crippen LogP contribution in [0.15, 0.2) is 46.1 Å². The summed E-state index contributed by atoms with van der Waals surface area (Å²) in [4.78, 5) is 14.6. The van der Waals surface area contributed by atoms with Crippen molar-refractivity contribution in [3.05, 3.63) is 69.0 Å². The minimum atomic E-state index is -5.08.